The summed E-state index contributed by atoms with van der Waals surface area (Å²) in [5.41, 5.74) is 3.15. The zero-order chi connectivity index (χ0) is 14.7. The molecule has 1 fully saturated rings. The summed E-state index contributed by atoms with van der Waals surface area (Å²) >= 11 is 0. The van der Waals surface area contributed by atoms with Crippen molar-refractivity contribution >= 4 is 5.91 Å². The van der Waals surface area contributed by atoms with Crippen LogP contribution in [0.15, 0.2) is 10.5 Å². The van der Waals surface area contributed by atoms with Gasteiger partial charge in [0.15, 0.2) is 5.76 Å². The van der Waals surface area contributed by atoms with E-state index >= 15 is 0 Å². The second kappa shape index (κ2) is 6.39. The van der Waals surface area contributed by atoms with E-state index in [0.29, 0.717) is 6.04 Å². The van der Waals surface area contributed by atoms with E-state index in [0.717, 1.165) is 43.9 Å². The first kappa shape index (κ1) is 15.0. The van der Waals surface area contributed by atoms with Crippen molar-refractivity contribution in [1.82, 2.24) is 15.2 Å². The van der Waals surface area contributed by atoms with Gasteiger partial charge in [0.1, 0.15) is 5.76 Å². The number of likely N-dealkylation sites (N-methyl/N-ethyl adjacent to an activating group) is 1. The maximum Gasteiger partial charge on any atom is 0.300 e. The molecule has 1 aromatic heterocycles. The van der Waals surface area contributed by atoms with Crippen LogP contribution in [-0.4, -0.2) is 48.4 Å². The van der Waals surface area contributed by atoms with Crippen LogP contribution < -0.4 is 11.3 Å². The van der Waals surface area contributed by atoms with Gasteiger partial charge in [0.2, 0.25) is 0 Å². The summed E-state index contributed by atoms with van der Waals surface area (Å²) in [7, 11) is 2.18. The normalized spacial score (nSPS) is 21.1. The fourth-order valence-electron chi connectivity index (χ4n) is 2.70. The molecule has 1 unspecified atom stereocenters. The highest BCUT2D eigenvalue weighted by Gasteiger charge is 2.24. The van der Waals surface area contributed by atoms with E-state index in [1.54, 1.807) is 6.07 Å². The number of nitrogens with one attached hydrogen (secondary N) is 1. The molecule has 0 saturated carbocycles. The lowest BCUT2D eigenvalue weighted by molar-refractivity contribution is 0.0880. The third-order valence-electron chi connectivity index (χ3n) is 4.10. The monoisotopic (exact) mass is 280 g/mol. The second-order valence-electron chi connectivity index (χ2n) is 5.44. The van der Waals surface area contributed by atoms with E-state index in [1.807, 2.05) is 6.92 Å². The number of amides is 1. The molecule has 1 amide bonds. The Kier molecular flexibility index (Phi) is 4.80. The molecule has 1 aliphatic rings. The largest absolute Gasteiger partial charge is 0.456 e. The van der Waals surface area contributed by atoms with Crippen LogP contribution in [0.5, 0.6) is 0 Å². The van der Waals surface area contributed by atoms with E-state index in [9.17, 15) is 4.79 Å². The number of furan rings is 1. The molecule has 1 atom stereocenters. The molecule has 0 bridgehead atoms. The molecule has 6 heteroatoms. The van der Waals surface area contributed by atoms with Crippen LogP contribution in [0.4, 0.5) is 0 Å². The molecule has 1 aliphatic heterocycles. The SMILES string of the molecule is CCC1CN(Cc2cc(C(=O)NN)oc2C)CCN1C. The van der Waals surface area contributed by atoms with E-state index < -0.39 is 0 Å². The standard InChI is InChI=1S/C14H24N4O2/c1-4-12-9-18(6-5-17(12)3)8-11-7-13(14(19)16-15)20-10(11)2/h7,12H,4-6,8-9,15H2,1-3H3,(H,16,19). The van der Waals surface area contributed by atoms with Gasteiger partial charge in [0.25, 0.3) is 0 Å². The third-order valence-corrected chi connectivity index (χ3v) is 4.10. The van der Waals surface area contributed by atoms with Crippen molar-refractivity contribution in [3.05, 3.63) is 23.2 Å². The molecule has 2 rings (SSSR count). The minimum Gasteiger partial charge on any atom is -0.456 e. The van der Waals surface area contributed by atoms with Gasteiger partial charge in [-0.1, -0.05) is 6.92 Å². The highest BCUT2D eigenvalue weighted by molar-refractivity contribution is 5.91. The Morgan fingerprint density at radius 3 is 2.95 bits per heavy atom. The lowest BCUT2D eigenvalue weighted by Gasteiger charge is -2.39. The van der Waals surface area contributed by atoms with Gasteiger partial charge >= 0.3 is 5.91 Å². The summed E-state index contributed by atoms with van der Waals surface area (Å²) in [5, 5.41) is 0. The fourth-order valence-corrected chi connectivity index (χ4v) is 2.70. The van der Waals surface area contributed by atoms with Gasteiger partial charge in [-0.15, -0.1) is 0 Å². The van der Waals surface area contributed by atoms with E-state index in [2.05, 4.69) is 29.2 Å². The molecular formula is C14H24N4O2. The highest BCUT2D eigenvalue weighted by Crippen LogP contribution is 2.19. The summed E-state index contributed by atoms with van der Waals surface area (Å²) in [6.45, 7) is 8.09. The minimum absolute atomic E-state index is 0.279. The van der Waals surface area contributed by atoms with Crippen molar-refractivity contribution in [3.63, 3.8) is 0 Å². The molecule has 0 spiro atoms. The summed E-state index contributed by atoms with van der Waals surface area (Å²) < 4.78 is 5.45. The van der Waals surface area contributed by atoms with Crippen molar-refractivity contribution < 1.29 is 9.21 Å². The first-order valence-electron chi connectivity index (χ1n) is 7.08. The van der Waals surface area contributed by atoms with E-state index in [-0.39, 0.29) is 11.7 Å². The Balaban J connectivity index is 2.03. The number of hydrazine groups is 1. The summed E-state index contributed by atoms with van der Waals surface area (Å²) in [4.78, 5) is 16.3. The predicted octanol–water partition coefficient (Wildman–Crippen LogP) is 0.718. The number of nitrogen functional groups attached to an aromatic ring is 1. The third kappa shape index (κ3) is 3.20. The lowest BCUT2D eigenvalue weighted by atomic mass is 10.1. The highest BCUT2D eigenvalue weighted by atomic mass is 16.4. The van der Waals surface area contributed by atoms with Crippen LogP contribution in [0.2, 0.25) is 0 Å². The van der Waals surface area contributed by atoms with Crippen LogP contribution >= 0.6 is 0 Å². The van der Waals surface area contributed by atoms with Crippen LogP contribution in [-0.2, 0) is 6.54 Å². The van der Waals surface area contributed by atoms with Gasteiger partial charge < -0.3 is 9.32 Å². The van der Waals surface area contributed by atoms with Crippen molar-refractivity contribution in [2.24, 2.45) is 5.84 Å². The zero-order valence-electron chi connectivity index (χ0n) is 12.5. The van der Waals surface area contributed by atoms with E-state index in [4.69, 9.17) is 10.3 Å². The average Bonchev–Trinajstić information content (AvgIpc) is 2.81. The van der Waals surface area contributed by atoms with Crippen molar-refractivity contribution in [2.75, 3.05) is 26.7 Å². The average molecular weight is 280 g/mol. The number of hydrogen-bond donors (Lipinski definition) is 2. The summed E-state index contributed by atoms with van der Waals surface area (Å²) in [6.07, 6.45) is 1.15. The Morgan fingerprint density at radius 1 is 1.55 bits per heavy atom. The van der Waals surface area contributed by atoms with Gasteiger partial charge in [-0.3, -0.25) is 15.1 Å². The maximum absolute atomic E-state index is 11.5. The molecule has 1 saturated heterocycles. The topological polar surface area (TPSA) is 74.7 Å². The molecule has 20 heavy (non-hydrogen) atoms. The first-order chi connectivity index (χ1) is 9.55. The molecule has 0 aliphatic carbocycles. The maximum atomic E-state index is 11.5. The molecule has 6 nitrogen and oxygen atoms in total. The second-order valence-corrected chi connectivity index (χ2v) is 5.44. The lowest BCUT2D eigenvalue weighted by Crippen LogP contribution is -2.50. The number of hydrogen-bond acceptors (Lipinski definition) is 5. The van der Waals surface area contributed by atoms with Crippen molar-refractivity contribution in [1.29, 1.82) is 0 Å². The minimum atomic E-state index is -0.385. The number of rotatable bonds is 4. The number of nitrogens with two attached hydrogens (primary N) is 1. The molecule has 2 heterocycles. The fraction of sp³-hybridized carbons (Fsp3) is 0.643. The number of nitrogens with zero attached hydrogens (tertiary/aromatic N) is 2. The Hall–Kier alpha value is -1.37. The van der Waals surface area contributed by atoms with Crippen LogP contribution in [0, 0.1) is 6.92 Å². The Labute approximate surface area is 119 Å². The molecule has 112 valence electrons. The molecular weight excluding hydrogens is 256 g/mol. The number of carbonyl (C=O) groups is 1. The summed E-state index contributed by atoms with van der Waals surface area (Å²) in [5.74, 6) is 5.81. The van der Waals surface area contributed by atoms with Crippen molar-refractivity contribution in [2.45, 2.75) is 32.9 Å². The van der Waals surface area contributed by atoms with Gasteiger partial charge in [-0.05, 0) is 26.5 Å². The molecule has 0 radical (unpaired) electrons. The predicted molar refractivity (Wildman–Crippen MR) is 77.1 cm³/mol. The Bertz CT molecular complexity index is 472. The van der Waals surface area contributed by atoms with Gasteiger partial charge in [-0.2, -0.15) is 0 Å². The van der Waals surface area contributed by atoms with Crippen LogP contribution in [0.25, 0.3) is 0 Å². The summed E-state index contributed by atoms with van der Waals surface area (Å²) in [6, 6.07) is 2.39. The molecule has 3 N–H and O–H groups in total. The number of piperazine rings is 1. The van der Waals surface area contributed by atoms with Gasteiger partial charge in [0, 0.05) is 37.8 Å². The quantitative estimate of drug-likeness (QED) is 0.483. The first-order valence-corrected chi connectivity index (χ1v) is 7.08. The molecule has 1 aromatic rings. The van der Waals surface area contributed by atoms with Crippen LogP contribution in [0.3, 0.4) is 0 Å². The van der Waals surface area contributed by atoms with E-state index in [1.165, 1.54) is 0 Å². The number of aryl methyl sites for hydroxylation is 1. The van der Waals surface area contributed by atoms with Crippen molar-refractivity contribution in [3.8, 4) is 0 Å². The van der Waals surface area contributed by atoms with Gasteiger partial charge in [-0.25, -0.2) is 5.84 Å². The number of carbonyl (C=O) groups excluding carboxylic acids is 1. The van der Waals surface area contributed by atoms with Crippen LogP contribution in [0.1, 0.15) is 35.2 Å². The zero-order valence-corrected chi connectivity index (χ0v) is 12.5. The Morgan fingerprint density at radius 2 is 2.30 bits per heavy atom. The van der Waals surface area contributed by atoms with Gasteiger partial charge in [0.05, 0.1) is 0 Å². The molecule has 0 aromatic carbocycles. The smallest absolute Gasteiger partial charge is 0.300 e.